The van der Waals surface area contributed by atoms with Crippen LogP contribution in [0, 0.1) is 0 Å². The van der Waals surface area contributed by atoms with Gasteiger partial charge in [-0.1, -0.05) is 6.92 Å². The molecular weight excluding hydrogens is 134 g/mol. The number of carbonyl (C=O) groups excluding carboxylic acids is 1. The van der Waals surface area contributed by atoms with Crippen LogP contribution in [0.15, 0.2) is 0 Å². The van der Waals surface area contributed by atoms with Crippen molar-refractivity contribution in [2.24, 2.45) is 5.73 Å². The molecule has 0 rings (SSSR count). The molecule has 0 amide bonds. The zero-order valence-corrected chi connectivity index (χ0v) is 6.20. The highest BCUT2D eigenvalue weighted by Crippen LogP contribution is 1.96. The predicted molar refractivity (Wildman–Crippen MR) is 36.3 cm³/mol. The second-order valence-electron chi connectivity index (χ2n) is 2.04. The van der Waals surface area contributed by atoms with E-state index in [2.05, 4.69) is 4.74 Å². The first-order chi connectivity index (χ1) is 4.63. The van der Waals surface area contributed by atoms with E-state index < -0.39 is 18.1 Å². The molecule has 0 unspecified atom stereocenters. The molecule has 0 aliphatic heterocycles. The Hall–Kier alpha value is -0.610. The molecule has 0 bridgehead atoms. The van der Waals surface area contributed by atoms with Crippen LogP contribution in [0.3, 0.4) is 0 Å². The highest BCUT2D eigenvalue weighted by Gasteiger charge is 2.21. The maximum absolute atomic E-state index is 10.6. The fraction of sp³-hybridized carbons (Fsp3) is 0.833. The van der Waals surface area contributed by atoms with Crippen LogP contribution in [-0.2, 0) is 9.53 Å². The smallest absolute Gasteiger partial charge is 0.336 e. The molecule has 0 heterocycles. The number of rotatable bonds is 3. The summed E-state index contributed by atoms with van der Waals surface area (Å²) in [6.45, 7) is 1.79. The summed E-state index contributed by atoms with van der Waals surface area (Å²) in [6, 6.07) is -0.521. The Morgan fingerprint density at radius 3 is 2.60 bits per heavy atom. The van der Waals surface area contributed by atoms with E-state index in [1.807, 2.05) is 0 Å². The fourth-order valence-corrected chi connectivity index (χ4v) is 0.519. The van der Waals surface area contributed by atoms with Crippen molar-refractivity contribution in [3.05, 3.63) is 0 Å². The largest absolute Gasteiger partial charge is 0.467 e. The maximum Gasteiger partial charge on any atom is 0.336 e. The lowest BCUT2D eigenvalue weighted by molar-refractivity contribution is -0.151. The molecular formula is C6H13NO3. The van der Waals surface area contributed by atoms with Crippen LogP contribution in [0.1, 0.15) is 13.3 Å². The number of aliphatic hydroxyl groups is 1. The van der Waals surface area contributed by atoms with E-state index in [-0.39, 0.29) is 0 Å². The van der Waals surface area contributed by atoms with Crippen molar-refractivity contribution >= 4 is 5.97 Å². The lowest BCUT2D eigenvalue weighted by Gasteiger charge is -2.13. The summed E-state index contributed by atoms with van der Waals surface area (Å²) in [6.07, 6.45) is -0.633. The molecule has 10 heavy (non-hydrogen) atoms. The van der Waals surface area contributed by atoms with Crippen LogP contribution in [0.25, 0.3) is 0 Å². The topological polar surface area (TPSA) is 72.5 Å². The summed E-state index contributed by atoms with van der Waals surface area (Å²) in [4.78, 5) is 10.6. The minimum atomic E-state index is -1.19. The molecule has 0 aromatic heterocycles. The van der Waals surface area contributed by atoms with Gasteiger partial charge in [0.05, 0.1) is 7.11 Å². The summed E-state index contributed by atoms with van der Waals surface area (Å²) in [5, 5.41) is 8.99. The number of methoxy groups -OCH3 is 1. The van der Waals surface area contributed by atoms with Gasteiger partial charge in [-0.3, -0.25) is 0 Å². The van der Waals surface area contributed by atoms with Gasteiger partial charge in [0.15, 0.2) is 6.10 Å². The van der Waals surface area contributed by atoms with E-state index >= 15 is 0 Å². The van der Waals surface area contributed by atoms with E-state index in [0.717, 1.165) is 0 Å². The minimum Gasteiger partial charge on any atom is -0.467 e. The average molecular weight is 147 g/mol. The van der Waals surface area contributed by atoms with E-state index in [1.165, 1.54) is 7.11 Å². The summed E-state index contributed by atoms with van der Waals surface area (Å²) < 4.78 is 4.27. The molecule has 0 radical (unpaired) electrons. The van der Waals surface area contributed by atoms with Gasteiger partial charge in [0.2, 0.25) is 0 Å². The molecule has 2 atom stereocenters. The van der Waals surface area contributed by atoms with Crippen molar-refractivity contribution in [2.45, 2.75) is 25.5 Å². The highest BCUT2D eigenvalue weighted by molar-refractivity contribution is 5.75. The van der Waals surface area contributed by atoms with E-state index in [9.17, 15) is 4.79 Å². The van der Waals surface area contributed by atoms with E-state index in [0.29, 0.717) is 6.42 Å². The molecule has 3 N–H and O–H groups in total. The number of ether oxygens (including phenoxy) is 1. The summed E-state index contributed by atoms with van der Waals surface area (Å²) in [5.41, 5.74) is 5.34. The van der Waals surface area contributed by atoms with Gasteiger partial charge in [0, 0.05) is 6.04 Å². The molecule has 0 aromatic rings. The number of nitrogens with two attached hydrogens (primary N) is 1. The van der Waals surface area contributed by atoms with Crippen molar-refractivity contribution in [2.75, 3.05) is 7.11 Å². The predicted octanol–water partition coefficient (Wildman–Crippen LogP) is -0.742. The normalized spacial score (nSPS) is 16.0. The van der Waals surface area contributed by atoms with E-state index in [4.69, 9.17) is 10.8 Å². The molecule has 0 fully saturated rings. The lowest BCUT2D eigenvalue weighted by Crippen LogP contribution is -2.40. The summed E-state index contributed by atoms with van der Waals surface area (Å²) in [7, 11) is 1.22. The van der Waals surface area contributed by atoms with Gasteiger partial charge in [0.1, 0.15) is 0 Å². The average Bonchev–Trinajstić information content (AvgIpc) is 2.00. The van der Waals surface area contributed by atoms with Crippen LogP contribution in [-0.4, -0.2) is 30.3 Å². The zero-order chi connectivity index (χ0) is 8.15. The van der Waals surface area contributed by atoms with Crippen molar-refractivity contribution in [1.82, 2.24) is 0 Å². The Labute approximate surface area is 60.0 Å². The first-order valence-corrected chi connectivity index (χ1v) is 3.15. The molecule has 60 valence electrons. The second kappa shape index (κ2) is 4.24. The fourth-order valence-electron chi connectivity index (χ4n) is 0.519. The number of hydrogen-bond acceptors (Lipinski definition) is 4. The van der Waals surface area contributed by atoms with E-state index in [1.54, 1.807) is 6.92 Å². The Bertz CT molecular complexity index is 116. The molecule has 4 heteroatoms. The van der Waals surface area contributed by atoms with Crippen LogP contribution < -0.4 is 5.73 Å². The maximum atomic E-state index is 10.6. The number of carbonyl (C=O) groups is 1. The van der Waals surface area contributed by atoms with Gasteiger partial charge in [0.25, 0.3) is 0 Å². The van der Waals surface area contributed by atoms with Crippen molar-refractivity contribution in [3.63, 3.8) is 0 Å². The van der Waals surface area contributed by atoms with Crippen LogP contribution in [0.5, 0.6) is 0 Å². The summed E-state index contributed by atoms with van der Waals surface area (Å²) in [5.74, 6) is -0.672. The standard InChI is InChI=1S/C6H13NO3/c1-3-4(7)5(8)6(9)10-2/h4-5,8H,3,7H2,1-2H3/t4-,5-/m1/s1. The monoisotopic (exact) mass is 147 g/mol. The number of esters is 1. The highest BCUT2D eigenvalue weighted by atomic mass is 16.5. The quantitative estimate of drug-likeness (QED) is 0.515. The number of hydrogen-bond donors (Lipinski definition) is 2. The molecule has 0 spiro atoms. The summed E-state index contributed by atoms with van der Waals surface area (Å²) >= 11 is 0. The molecule has 0 aliphatic carbocycles. The Kier molecular flexibility index (Phi) is 3.99. The first-order valence-electron chi connectivity index (χ1n) is 3.15. The van der Waals surface area contributed by atoms with Gasteiger partial charge < -0.3 is 15.6 Å². The molecule has 0 saturated carbocycles. The third-order valence-electron chi connectivity index (χ3n) is 1.32. The Morgan fingerprint density at radius 1 is 1.80 bits per heavy atom. The van der Waals surface area contributed by atoms with Crippen LogP contribution in [0.4, 0.5) is 0 Å². The Morgan fingerprint density at radius 2 is 2.30 bits per heavy atom. The van der Waals surface area contributed by atoms with Crippen molar-refractivity contribution < 1.29 is 14.6 Å². The van der Waals surface area contributed by atoms with Gasteiger partial charge in [-0.2, -0.15) is 0 Å². The zero-order valence-electron chi connectivity index (χ0n) is 6.20. The van der Waals surface area contributed by atoms with Crippen molar-refractivity contribution in [1.29, 1.82) is 0 Å². The minimum absolute atomic E-state index is 0.521. The van der Waals surface area contributed by atoms with Gasteiger partial charge in [-0.05, 0) is 6.42 Å². The first kappa shape index (κ1) is 9.39. The third kappa shape index (κ3) is 2.33. The molecule has 0 aromatic carbocycles. The third-order valence-corrected chi connectivity index (χ3v) is 1.32. The van der Waals surface area contributed by atoms with Crippen LogP contribution in [0.2, 0.25) is 0 Å². The van der Waals surface area contributed by atoms with Gasteiger partial charge in [-0.25, -0.2) is 4.79 Å². The van der Waals surface area contributed by atoms with Crippen molar-refractivity contribution in [3.8, 4) is 0 Å². The molecule has 4 nitrogen and oxygen atoms in total. The van der Waals surface area contributed by atoms with Gasteiger partial charge >= 0.3 is 5.97 Å². The number of aliphatic hydroxyl groups excluding tert-OH is 1. The molecule has 0 saturated heterocycles. The Balaban J connectivity index is 3.81. The molecule has 0 aliphatic rings. The lowest BCUT2D eigenvalue weighted by atomic mass is 10.1. The second-order valence-corrected chi connectivity index (χ2v) is 2.04. The van der Waals surface area contributed by atoms with Crippen LogP contribution >= 0.6 is 0 Å². The van der Waals surface area contributed by atoms with Gasteiger partial charge in [-0.15, -0.1) is 0 Å². The SMILES string of the molecule is CC[C@@H](N)[C@@H](O)C(=O)OC.